The highest BCUT2D eigenvalue weighted by Gasteiger charge is 2.37. The van der Waals surface area contributed by atoms with E-state index < -0.39 is 0 Å². The fourth-order valence-corrected chi connectivity index (χ4v) is 7.40. The molecular weight excluding hydrogens is 585 g/mol. The molecule has 3 aromatic carbocycles. The lowest BCUT2D eigenvalue weighted by Crippen LogP contribution is -2.29. The van der Waals surface area contributed by atoms with Gasteiger partial charge >= 0.3 is 0 Å². The molecule has 8 heteroatoms. The van der Waals surface area contributed by atoms with Crippen molar-refractivity contribution in [3.63, 3.8) is 0 Å². The number of hydrogen-bond acceptors (Lipinski definition) is 4. The molecule has 0 saturated heterocycles. The molecule has 2 heterocycles. The lowest BCUT2D eigenvalue weighted by Gasteiger charge is -2.33. The normalized spacial score (nSPS) is 17.4. The molecule has 1 aliphatic heterocycles. The van der Waals surface area contributed by atoms with Crippen LogP contribution in [-0.2, 0) is 24.2 Å². The van der Waals surface area contributed by atoms with Crippen LogP contribution in [0.25, 0.3) is 0 Å². The number of fused-ring (bicyclic) bond motifs is 2. The van der Waals surface area contributed by atoms with Crippen LogP contribution in [0, 0.1) is 11.3 Å². The molecule has 0 fully saturated rings. The van der Waals surface area contributed by atoms with Gasteiger partial charge in [-0.05, 0) is 78.1 Å². The van der Waals surface area contributed by atoms with Crippen molar-refractivity contribution in [1.82, 2.24) is 0 Å². The van der Waals surface area contributed by atoms with Gasteiger partial charge in [-0.25, -0.2) is 4.99 Å². The summed E-state index contributed by atoms with van der Waals surface area (Å²) in [6.45, 7) is 7.14. The van der Waals surface area contributed by atoms with E-state index in [-0.39, 0.29) is 17.2 Å². The zero-order chi connectivity index (χ0) is 29.6. The van der Waals surface area contributed by atoms with E-state index in [0.717, 1.165) is 41.6 Å². The molecule has 0 unspecified atom stereocenters. The average molecular weight is 617 g/mol. The summed E-state index contributed by atoms with van der Waals surface area (Å²) in [6, 6.07) is 22.2. The molecule has 42 heavy (non-hydrogen) atoms. The van der Waals surface area contributed by atoms with E-state index >= 15 is 0 Å². The molecule has 1 N–H and O–H groups in total. The van der Waals surface area contributed by atoms with E-state index in [9.17, 15) is 9.59 Å². The van der Waals surface area contributed by atoms with Crippen LogP contribution in [0.3, 0.4) is 0 Å². The van der Waals surface area contributed by atoms with Gasteiger partial charge in [-0.2, -0.15) is 0 Å². The monoisotopic (exact) mass is 615 g/mol. The summed E-state index contributed by atoms with van der Waals surface area (Å²) in [5.41, 5.74) is 5.12. The largest absolute Gasteiger partial charge is 0.322 e. The Labute approximate surface area is 260 Å². The molecule has 1 aromatic heterocycles. The number of aliphatic imine (C=N–C) groups is 1. The molecule has 2 aliphatic rings. The van der Waals surface area contributed by atoms with Gasteiger partial charge in [0.1, 0.15) is 10.7 Å². The second-order valence-electron chi connectivity index (χ2n) is 11.9. The van der Waals surface area contributed by atoms with Gasteiger partial charge in [-0.1, -0.05) is 80.4 Å². The zero-order valence-electron chi connectivity index (χ0n) is 23.7. The van der Waals surface area contributed by atoms with E-state index in [4.69, 9.17) is 28.2 Å². The van der Waals surface area contributed by atoms with Crippen LogP contribution >= 0.6 is 34.5 Å². The van der Waals surface area contributed by atoms with Crippen molar-refractivity contribution in [2.45, 2.75) is 46.6 Å². The SMILES string of the molecule is CC(C)(C)[C@H]1CCc2c(sc(N=C3C(=O)N(Cc4ccccc4Cl)c4ccccc43)c2C(=O)Nc2ccc(Cl)cc2)C1. The Morgan fingerprint density at radius 1 is 1.02 bits per heavy atom. The fraction of sp³-hybridized carbons (Fsp3) is 0.265. The molecule has 5 nitrogen and oxygen atoms in total. The van der Waals surface area contributed by atoms with E-state index in [1.165, 1.54) is 16.2 Å². The first-order chi connectivity index (χ1) is 20.1. The highest BCUT2D eigenvalue weighted by Crippen LogP contribution is 2.46. The Morgan fingerprint density at radius 2 is 1.74 bits per heavy atom. The predicted octanol–water partition coefficient (Wildman–Crippen LogP) is 9.13. The third-order valence-corrected chi connectivity index (χ3v) is 9.97. The third kappa shape index (κ3) is 5.51. The summed E-state index contributed by atoms with van der Waals surface area (Å²) >= 11 is 14.1. The van der Waals surface area contributed by atoms with Crippen molar-refractivity contribution in [1.29, 1.82) is 0 Å². The van der Waals surface area contributed by atoms with E-state index in [1.54, 1.807) is 29.2 Å². The van der Waals surface area contributed by atoms with Crippen LogP contribution in [0.15, 0.2) is 77.8 Å². The standard InChI is InChI=1S/C34H31Cl2N3O2S/c1-34(2,3)21-12-17-25-28(18-21)42-32(29(25)31(40)37-23-15-13-22(35)14-16-23)38-30-24-9-5-7-11-27(24)39(33(30)41)19-20-8-4-6-10-26(20)36/h4-11,13-16,21H,12,17-19H2,1-3H3,(H,37,40)/t21-/m0/s1. The molecule has 4 aromatic rings. The number of nitrogens with one attached hydrogen (secondary N) is 1. The number of hydrogen-bond donors (Lipinski definition) is 1. The number of para-hydroxylation sites is 1. The summed E-state index contributed by atoms with van der Waals surface area (Å²) in [5.74, 6) is 0.0606. The molecular formula is C34H31Cl2N3O2S. The minimum absolute atomic E-state index is 0.152. The number of thiophene rings is 1. The Hall–Kier alpha value is -3.45. The van der Waals surface area contributed by atoms with Crippen LogP contribution in [-0.4, -0.2) is 17.5 Å². The summed E-state index contributed by atoms with van der Waals surface area (Å²) in [7, 11) is 0. The predicted molar refractivity (Wildman–Crippen MR) is 174 cm³/mol. The number of carbonyl (C=O) groups is 2. The van der Waals surface area contributed by atoms with Gasteiger partial charge in [0.05, 0.1) is 17.8 Å². The lowest BCUT2D eigenvalue weighted by atomic mass is 9.72. The maximum Gasteiger partial charge on any atom is 0.277 e. The highest BCUT2D eigenvalue weighted by atomic mass is 35.5. The first-order valence-corrected chi connectivity index (χ1v) is 15.6. The number of anilines is 2. The number of benzene rings is 3. The first-order valence-electron chi connectivity index (χ1n) is 14.0. The van der Waals surface area contributed by atoms with Crippen molar-refractivity contribution in [2.75, 3.05) is 10.2 Å². The van der Waals surface area contributed by atoms with Gasteiger partial charge in [-0.3, -0.25) is 9.59 Å². The molecule has 214 valence electrons. The van der Waals surface area contributed by atoms with Crippen molar-refractivity contribution in [3.8, 4) is 0 Å². The van der Waals surface area contributed by atoms with Gasteiger partial charge in [0, 0.05) is 26.2 Å². The molecule has 0 saturated carbocycles. The third-order valence-electron chi connectivity index (χ3n) is 8.20. The van der Waals surface area contributed by atoms with Crippen molar-refractivity contribution >= 4 is 68.4 Å². The molecule has 2 amide bonds. The van der Waals surface area contributed by atoms with Crippen molar-refractivity contribution in [2.24, 2.45) is 16.3 Å². The number of halogens is 2. The fourth-order valence-electron chi connectivity index (χ4n) is 5.78. The highest BCUT2D eigenvalue weighted by molar-refractivity contribution is 7.16. The Balaban J connectivity index is 1.43. The number of amides is 2. The molecule has 0 bridgehead atoms. The summed E-state index contributed by atoms with van der Waals surface area (Å²) in [6.07, 6.45) is 2.68. The van der Waals surface area contributed by atoms with Crippen LogP contribution in [0.2, 0.25) is 10.0 Å². The van der Waals surface area contributed by atoms with E-state index in [2.05, 4.69) is 26.1 Å². The van der Waals surface area contributed by atoms with Gasteiger partial charge < -0.3 is 10.2 Å². The van der Waals surface area contributed by atoms with Crippen molar-refractivity contribution < 1.29 is 9.59 Å². The smallest absolute Gasteiger partial charge is 0.277 e. The van der Waals surface area contributed by atoms with Crippen LogP contribution in [0.4, 0.5) is 16.4 Å². The maximum absolute atomic E-state index is 14.0. The zero-order valence-corrected chi connectivity index (χ0v) is 26.0. The number of carbonyl (C=O) groups excluding carboxylic acids is 2. The molecule has 0 radical (unpaired) electrons. The minimum atomic E-state index is -0.227. The summed E-state index contributed by atoms with van der Waals surface area (Å²) in [5, 5.41) is 4.81. The number of rotatable bonds is 5. The molecule has 1 atom stereocenters. The summed E-state index contributed by atoms with van der Waals surface area (Å²) < 4.78 is 0. The van der Waals surface area contributed by atoms with Gasteiger partial charge in [0.2, 0.25) is 0 Å². The first kappa shape index (κ1) is 28.7. The minimum Gasteiger partial charge on any atom is -0.322 e. The summed E-state index contributed by atoms with van der Waals surface area (Å²) in [4.78, 5) is 35.7. The molecule has 6 rings (SSSR count). The van der Waals surface area contributed by atoms with Gasteiger partial charge in [0.15, 0.2) is 0 Å². The Kier molecular flexibility index (Phi) is 7.73. The van der Waals surface area contributed by atoms with Crippen LogP contribution in [0.1, 0.15) is 59.1 Å². The second kappa shape index (κ2) is 11.3. The van der Waals surface area contributed by atoms with Crippen molar-refractivity contribution in [3.05, 3.63) is 110 Å². The Bertz CT molecular complexity index is 1720. The lowest BCUT2D eigenvalue weighted by molar-refractivity contribution is -0.112. The second-order valence-corrected chi connectivity index (χ2v) is 13.8. The van der Waals surface area contributed by atoms with Crippen LogP contribution in [0.5, 0.6) is 0 Å². The van der Waals surface area contributed by atoms with Crippen LogP contribution < -0.4 is 10.2 Å². The maximum atomic E-state index is 14.0. The topological polar surface area (TPSA) is 61.8 Å². The Morgan fingerprint density at radius 3 is 2.48 bits per heavy atom. The van der Waals surface area contributed by atoms with E-state index in [0.29, 0.717) is 44.5 Å². The molecule has 1 aliphatic carbocycles. The molecule has 0 spiro atoms. The van der Waals surface area contributed by atoms with Gasteiger partial charge in [-0.15, -0.1) is 11.3 Å². The van der Waals surface area contributed by atoms with E-state index in [1.807, 2.05) is 48.5 Å². The quantitative estimate of drug-likeness (QED) is 0.243. The number of nitrogens with zero attached hydrogens (tertiary/aromatic N) is 2. The van der Waals surface area contributed by atoms with Gasteiger partial charge in [0.25, 0.3) is 11.8 Å². The average Bonchev–Trinajstić information content (AvgIpc) is 3.45.